The first kappa shape index (κ1) is 17.3. The first-order valence-corrected chi connectivity index (χ1v) is 10.2. The molecule has 0 saturated heterocycles. The molecule has 1 heteroatoms. The van der Waals surface area contributed by atoms with Crippen molar-refractivity contribution >= 4 is 11.6 Å². The molecular weight excluding hydrogens is 300 g/mol. The summed E-state index contributed by atoms with van der Waals surface area (Å²) in [6.45, 7) is 6.39. The molecule has 4 atom stereocenters. The monoisotopic (exact) mass is 332 g/mol. The molecule has 0 aliphatic heterocycles. The molecule has 0 aromatic rings. The summed E-state index contributed by atoms with van der Waals surface area (Å²) in [6.07, 6.45) is 20.8. The van der Waals surface area contributed by atoms with Crippen LogP contribution in [0.25, 0.3) is 0 Å². The minimum Gasteiger partial charge on any atom is -0.118 e. The summed E-state index contributed by atoms with van der Waals surface area (Å²) in [4.78, 5) is 0. The predicted octanol–water partition coefficient (Wildman–Crippen LogP) is 7.06. The molecule has 0 amide bonds. The van der Waals surface area contributed by atoms with Crippen LogP contribution < -0.4 is 0 Å². The maximum atomic E-state index is 6.23. The summed E-state index contributed by atoms with van der Waals surface area (Å²) >= 11 is 6.23. The maximum absolute atomic E-state index is 6.23. The Morgan fingerprint density at radius 2 is 1.91 bits per heavy atom. The zero-order valence-corrected chi connectivity index (χ0v) is 15.5. The van der Waals surface area contributed by atoms with E-state index in [0.29, 0.717) is 0 Å². The van der Waals surface area contributed by atoms with Crippen molar-refractivity contribution in [1.82, 2.24) is 0 Å². The van der Waals surface area contributed by atoms with Crippen LogP contribution >= 0.6 is 11.6 Å². The van der Waals surface area contributed by atoms with Gasteiger partial charge in [-0.3, -0.25) is 0 Å². The van der Waals surface area contributed by atoms with Gasteiger partial charge in [0.1, 0.15) is 0 Å². The normalized spacial score (nSPS) is 35.8. The zero-order chi connectivity index (χ0) is 16.2. The van der Waals surface area contributed by atoms with Gasteiger partial charge in [-0.15, -0.1) is 18.2 Å². The number of rotatable bonds is 4. The second-order valence-corrected chi connectivity index (χ2v) is 8.96. The van der Waals surface area contributed by atoms with Crippen LogP contribution in [0.5, 0.6) is 0 Å². The molecule has 0 aromatic carbocycles. The van der Waals surface area contributed by atoms with E-state index in [1.165, 1.54) is 63.4 Å². The third kappa shape index (κ3) is 4.75. The number of halogens is 1. The highest BCUT2D eigenvalue weighted by Crippen LogP contribution is 2.46. The first-order chi connectivity index (χ1) is 11.1. The van der Waals surface area contributed by atoms with Crippen LogP contribution in [0.4, 0.5) is 0 Å². The minimum absolute atomic E-state index is 0.211. The van der Waals surface area contributed by atoms with E-state index in [0.717, 1.165) is 30.1 Å². The van der Waals surface area contributed by atoms with Gasteiger partial charge in [-0.2, -0.15) is 0 Å². The molecule has 3 aliphatic rings. The van der Waals surface area contributed by atoms with Crippen molar-refractivity contribution in [3.8, 4) is 0 Å². The van der Waals surface area contributed by atoms with Gasteiger partial charge in [-0.1, -0.05) is 55.9 Å². The van der Waals surface area contributed by atoms with Crippen molar-refractivity contribution in [3.63, 3.8) is 0 Å². The summed E-state index contributed by atoms with van der Waals surface area (Å²) < 4.78 is 0. The van der Waals surface area contributed by atoms with Crippen molar-refractivity contribution in [2.75, 3.05) is 0 Å². The molecule has 0 spiro atoms. The highest BCUT2D eigenvalue weighted by molar-refractivity contribution is 6.22. The van der Waals surface area contributed by atoms with E-state index in [4.69, 9.17) is 11.6 Å². The molecule has 2 saturated carbocycles. The molecule has 3 unspecified atom stereocenters. The van der Waals surface area contributed by atoms with E-state index < -0.39 is 0 Å². The molecule has 0 aromatic heterocycles. The van der Waals surface area contributed by atoms with Gasteiger partial charge in [0, 0.05) is 0 Å². The van der Waals surface area contributed by atoms with Crippen molar-refractivity contribution < 1.29 is 0 Å². The third-order valence-electron chi connectivity index (χ3n) is 6.34. The third-order valence-corrected chi connectivity index (χ3v) is 6.67. The molecule has 0 N–H and O–H groups in total. The lowest BCUT2D eigenvalue weighted by Crippen LogP contribution is -2.30. The molecule has 2 fully saturated rings. The lowest BCUT2D eigenvalue weighted by molar-refractivity contribution is 0.132. The zero-order valence-electron chi connectivity index (χ0n) is 14.8. The van der Waals surface area contributed by atoms with Crippen molar-refractivity contribution in [2.24, 2.45) is 23.7 Å². The summed E-state index contributed by atoms with van der Waals surface area (Å²) in [7, 11) is 0. The SMILES string of the molecule is C=C(C)CC1CC(C2CCCCC2)C[C@@H](C2=CCC(Cl)C=C2)C1. The molecule has 23 heavy (non-hydrogen) atoms. The van der Waals surface area contributed by atoms with Gasteiger partial charge in [0.25, 0.3) is 0 Å². The van der Waals surface area contributed by atoms with Gasteiger partial charge in [0.15, 0.2) is 0 Å². The van der Waals surface area contributed by atoms with Gasteiger partial charge in [-0.05, 0) is 68.3 Å². The van der Waals surface area contributed by atoms with Crippen LogP contribution in [0.2, 0.25) is 0 Å². The van der Waals surface area contributed by atoms with E-state index in [-0.39, 0.29) is 5.38 Å². The van der Waals surface area contributed by atoms with Crippen LogP contribution in [-0.2, 0) is 0 Å². The van der Waals surface area contributed by atoms with Crippen molar-refractivity contribution in [2.45, 2.75) is 76.5 Å². The standard InChI is InChI=1S/C22H33Cl/c1-16(2)12-17-13-20(18-6-4-3-5-7-18)15-21(14-17)19-8-10-22(23)11-9-19/h8-10,17-18,20-22H,1,3-7,11-15H2,2H3/t17?,20?,21-,22?/m0/s1. The summed E-state index contributed by atoms with van der Waals surface area (Å²) in [6, 6.07) is 0. The lowest BCUT2D eigenvalue weighted by atomic mass is 9.64. The molecule has 0 heterocycles. The Balaban J connectivity index is 1.70. The van der Waals surface area contributed by atoms with Gasteiger partial charge in [0.2, 0.25) is 0 Å². The molecular formula is C22H33Cl. The van der Waals surface area contributed by atoms with E-state index in [1.54, 1.807) is 5.57 Å². The molecule has 128 valence electrons. The Bertz CT molecular complexity index is 466. The molecule has 3 aliphatic carbocycles. The number of hydrogen-bond acceptors (Lipinski definition) is 0. The Labute approximate surface area is 148 Å². The second kappa shape index (κ2) is 8.06. The molecule has 0 bridgehead atoms. The largest absolute Gasteiger partial charge is 0.118 e. The second-order valence-electron chi connectivity index (χ2n) is 8.40. The Hall–Kier alpha value is -0.490. The van der Waals surface area contributed by atoms with Crippen molar-refractivity contribution in [1.29, 1.82) is 0 Å². The highest BCUT2D eigenvalue weighted by atomic mass is 35.5. The Morgan fingerprint density at radius 3 is 2.57 bits per heavy atom. The average Bonchev–Trinajstić information content (AvgIpc) is 2.55. The number of hydrogen-bond donors (Lipinski definition) is 0. The fourth-order valence-corrected chi connectivity index (χ4v) is 5.48. The predicted molar refractivity (Wildman–Crippen MR) is 102 cm³/mol. The van der Waals surface area contributed by atoms with Crippen LogP contribution in [0.15, 0.2) is 36.0 Å². The van der Waals surface area contributed by atoms with Crippen LogP contribution in [-0.4, -0.2) is 5.38 Å². The fraction of sp³-hybridized carbons (Fsp3) is 0.727. The summed E-state index contributed by atoms with van der Waals surface area (Å²) in [5, 5.41) is 0.211. The molecule has 0 nitrogen and oxygen atoms in total. The first-order valence-electron chi connectivity index (χ1n) is 9.78. The average molecular weight is 333 g/mol. The highest BCUT2D eigenvalue weighted by Gasteiger charge is 2.35. The van der Waals surface area contributed by atoms with E-state index in [2.05, 4.69) is 31.7 Å². The van der Waals surface area contributed by atoms with Crippen LogP contribution in [0, 0.1) is 23.7 Å². The minimum atomic E-state index is 0.211. The molecule has 3 rings (SSSR count). The van der Waals surface area contributed by atoms with E-state index in [1.807, 2.05) is 0 Å². The number of allylic oxidation sites excluding steroid dienone is 5. The van der Waals surface area contributed by atoms with Gasteiger partial charge >= 0.3 is 0 Å². The quantitative estimate of drug-likeness (QED) is 0.382. The number of alkyl halides is 1. The maximum Gasteiger partial charge on any atom is 0.0553 e. The van der Waals surface area contributed by atoms with E-state index >= 15 is 0 Å². The summed E-state index contributed by atoms with van der Waals surface area (Å²) in [5.41, 5.74) is 2.95. The van der Waals surface area contributed by atoms with Gasteiger partial charge in [0.05, 0.1) is 5.38 Å². The Morgan fingerprint density at radius 1 is 1.13 bits per heavy atom. The topological polar surface area (TPSA) is 0 Å². The smallest absolute Gasteiger partial charge is 0.0553 e. The van der Waals surface area contributed by atoms with Gasteiger partial charge in [-0.25, -0.2) is 0 Å². The Kier molecular flexibility index (Phi) is 6.07. The van der Waals surface area contributed by atoms with Crippen LogP contribution in [0.1, 0.15) is 71.1 Å². The molecule has 0 radical (unpaired) electrons. The van der Waals surface area contributed by atoms with Crippen molar-refractivity contribution in [3.05, 3.63) is 36.0 Å². The van der Waals surface area contributed by atoms with Gasteiger partial charge < -0.3 is 0 Å². The lowest BCUT2D eigenvalue weighted by Gasteiger charge is -2.41. The summed E-state index contributed by atoms with van der Waals surface area (Å²) in [5.74, 6) is 3.55. The van der Waals surface area contributed by atoms with Crippen LogP contribution in [0.3, 0.4) is 0 Å². The van der Waals surface area contributed by atoms with E-state index in [9.17, 15) is 0 Å². The fourth-order valence-electron chi connectivity index (χ4n) is 5.32.